The fourth-order valence-electron chi connectivity index (χ4n) is 1.55. The number of sulfonamides is 1. The van der Waals surface area contributed by atoms with E-state index in [4.69, 9.17) is 5.26 Å². The van der Waals surface area contributed by atoms with Gasteiger partial charge in [-0.15, -0.1) is 4.83 Å². The van der Waals surface area contributed by atoms with Crippen LogP contribution in [-0.2, 0) is 10.0 Å². The number of amides is 1. The number of hydrogen-bond acceptors (Lipinski definition) is 4. The van der Waals surface area contributed by atoms with Crippen LogP contribution in [0.3, 0.4) is 0 Å². The second-order valence-corrected chi connectivity index (χ2v) is 6.80. The minimum atomic E-state index is -3.90. The van der Waals surface area contributed by atoms with E-state index in [1.54, 1.807) is 24.3 Å². The molecule has 2 rings (SSSR count). The van der Waals surface area contributed by atoms with Crippen molar-refractivity contribution < 1.29 is 13.2 Å². The summed E-state index contributed by atoms with van der Waals surface area (Å²) in [6.07, 6.45) is 0. The van der Waals surface area contributed by atoms with E-state index in [-0.39, 0.29) is 4.90 Å². The van der Waals surface area contributed by atoms with Gasteiger partial charge in [-0.05, 0) is 48.5 Å². The number of carbonyl (C=O) groups excluding carboxylic acids is 1. The van der Waals surface area contributed by atoms with Crippen LogP contribution in [0.25, 0.3) is 0 Å². The monoisotopic (exact) mass is 379 g/mol. The molecule has 0 heterocycles. The van der Waals surface area contributed by atoms with E-state index in [0.29, 0.717) is 11.1 Å². The second kappa shape index (κ2) is 6.70. The third-order valence-corrected chi connectivity index (χ3v) is 4.49. The highest BCUT2D eigenvalue weighted by molar-refractivity contribution is 9.10. The number of nitriles is 1. The van der Waals surface area contributed by atoms with Gasteiger partial charge in [0.15, 0.2) is 0 Å². The Labute approximate surface area is 135 Å². The van der Waals surface area contributed by atoms with Crippen molar-refractivity contribution in [2.75, 3.05) is 0 Å². The molecule has 2 N–H and O–H groups in total. The summed E-state index contributed by atoms with van der Waals surface area (Å²) in [5.74, 6) is -0.579. The van der Waals surface area contributed by atoms with Crippen LogP contribution in [0.4, 0.5) is 0 Å². The summed E-state index contributed by atoms with van der Waals surface area (Å²) in [4.78, 5) is 13.8. The highest BCUT2D eigenvalue weighted by Gasteiger charge is 2.15. The average Bonchev–Trinajstić information content (AvgIpc) is 2.53. The Balaban J connectivity index is 2.07. The first-order chi connectivity index (χ1) is 10.4. The van der Waals surface area contributed by atoms with Crippen molar-refractivity contribution in [3.8, 4) is 6.07 Å². The van der Waals surface area contributed by atoms with E-state index >= 15 is 0 Å². The van der Waals surface area contributed by atoms with E-state index in [2.05, 4.69) is 21.4 Å². The molecule has 0 unspecified atom stereocenters. The van der Waals surface area contributed by atoms with E-state index < -0.39 is 15.9 Å². The summed E-state index contributed by atoms with van der Waals surface area (Å²) in [5, 5.41) is 8.68. The van der Waals surface area contributed by atoms with Gasteiger partial charge in [0.2, 0.25) is 0 Å². The van der Waals surface area contributed by atoms with Gasteiger partial charge in [0.1, 0.15) is 0 Å². The number of hydrogen-bond donors (Lipinski definition) is 2. The number of carbonyl (C=O) groups is 1. The van der Waals surface area contributed by atoms with Gasteiger partial charge in [0.05, 0.1) is 16.5 Å². The van der Waals surface area contributed by atoms with Gasteiger partial charge < -0.3 is 0 Å². The summed E-state index contributed by atoms with van der Waals surface area (Å²) >= 11 is 3.24. The molecular weight excluding hydrogens is 370 g/mol. The fourth-order valence-corrected chi connectivity index (χ4v) is 2.66. The lowest BCUT2D eigenvalue weighted by Gasteiger charge is -2.08. The topological polar surface area (TPSA) is 99.1 Å². The number of rotatable bonds is 4. The van der Waals surface area contributed by atoms with E-state index in [0.717, 1.165) is 4.47 Å². The smallest absolute Gasteiger partial charge is 0.266 e. The maximum atomic E-state index is 12.0. The van der Waals surface area contributed by atoms with Crippen LogP contribution < -0.4 is 10.3 Å². The van der Waals surface area contributed by atoms with Crippen molar-refractivity contribution in [2.45, 2.75) is 4.90 Å². The number of nitrogens with one attached hydrogen (secondary N) is 2. The van der Waals surface area contributed by atoms with E-state index in [9.17, 15) is 13.2 Å². The fraction of sp³-hybridized carbons (Fsp3) is 0. The third kappa shape index (κ3) is 3.92. The van der Waals surface area contributed by atoms with Crippen molar-refractivity contribution in [2.24, 2.45) is 0 Å². The molecule has 0 saturated heterocycles. The van der Waals surface area contributed by atoms with E-state index in [1.165, 1.54) is 24.3 Å². The molecule has 0 bridgehead atoms. The van der Waals surface area contributed by atoms with Crippen LogP contribution in [0.15, 0.2) is 57.9 Å². The molecule has 22 heavy (non-hydrogen) atoms. The summed E-state index contributed by atoms with van der Waals surface area (Å²) in [6.45, 7) is 0. The summed E-state index contributed by atoms with van der Waals surface area (Å²) < 4.78 is 24.8. The molecule has 6 nitrogen and oxygen atoms in total. The van der Waals surface area contributed by atoms with Gasteiger partial charge in [-0.3, -0.25) is 10.2 Å². The van der Waals surface area contributed by atoms with Crippen LogP contribution in [-0.4, -0.2) is 14.3 Å². The van der Waals surface area contributed by atoms with Crippen molar-refractivity contribution in [1.29, 1.82) is 5.26 Å². The molecule has 0 saturated carbocycles. The van der Waals surface area contributed by atoms with Gasteiger partial charge in [0, 0.05) is 10.0 Å². The summed E-state index contributed by atoms with van der Waals surface area (Å²) in [6, 6.07) is 13.7. The lowest BCUT2D eigenvalue weighted by Crippen LogP contribution is -2.41. The van der Waals surface area contributed by atoms with Crippen molar-refractivity contribution in [3.05, 3.63) is 64.1 Å². The predicted octanol–water partition coefficient (Wildman–Crippen LogP) is 1.94. The standard InChI is InChI=1S/C14H10BrN3O3S/c15-12-5-3-11(4-6-12)14(19)17-18-22(20,21)13-7-1-10(9-16)2-8-13/h1-8,18H,(H,17,19). The molecule has 0 spiro atoms. The zero-order chi connectivity index (χ0) is 16.2. The Morgan fingerprint density at radius 1 is 1.05 bits per heavy atom. The summed E-state index contributed by atoms with van der Waals surface area (Å²) in [7, 11) is -3.90. The van der Waals surface area contributed by atoms with Crippen LogP contribution in [0.1, 0.15) is 15.9 Å². The first-order valence-corrected chi connectivity index (χ1v) is 8.28. The quantitative estimate of drug-likeness (QED) is 0.792. The lowest BCUT2D eigenvalue weighted by atomic mass is 10.2. The Hall–Kier alpha value is -2.21. The number of nitrogens with zero attached hydrogens (tertiary/aromatic N) is 1. The molecule has 0 radical (unpaired) electrons. The Kier molecular flexibility index (Phi) is 4.92. The molecule has 0 aromatic heterocycles. The van der Waals surface area contributed by atoms with Gasteiger partial charge in [-0.2, -0.15) is 5.26 Å². The zero-order valence-corrected chi connectivity index (χ0v) is 13.5. The number of benzene rings is 2. The number of hydrazine groups is 1. The van der Waals surface area contributed by atoms with Crippen molar-refractivity contribution in [1.82, 2.24) is 10.3 Å². The van der Waals surface area contributed by atoms with Crippen LogP contribution in [0.2, 0.25) is 0 Å². The first-order valence-electron chi connectivity index (χ1n) is 6.00. The van der Waals surface area contributed by atoms with Crippen LogP contribution >= 0.6 is 15.9 Å². The minimum Gasteiger partial charge on any atom is -0.273 e. The van der Waals surface area contributed by atoms with Gasteiger partial charge in [0.25, 0.3) is 15.9 Å². The van der Waals surface area contributed by atoms with Crippen molar-refractivity contribution in [3.63, 3.8) is 0 Å². The molecule has 8 heteroatoms. The molecule has 0 aliphatic rings. The Morgan fingerprint density at radius 3 is 2.18 bits per heavy atom. The third-order valence-electron chi connectivity index (χ3n) is 2.70. The van der Waals surface area contributed by atoms with Crippen LogP contribution in [0, 0.1) is 11.3 Å². The van der Waals surface area contributed by atoms with Crippen molar-refractivity contribution >= 4 is 31.9 Å². The van der Waals surface area contributed by atoms with Gasteiger partial charge in [-0.1, -0.05) is 15.9 Å². The Bertz CT molecular complexity index is 825. The predicted molar refractivity (Wildman–Crippen MR) is 83.1 cm³/mol. The van der Waals surface area contributed by atoms with Crippen LogP contribution in [0.5, 0.6) is 0 Å². The largest absolute Gasteiger partial charge is 0.273 e. The SMILES string of the molecule is N#Cc1ccc(S(=O)(=O)NNC(=O)c2ccc(Br)cc2)cc1. The summed E-state index contributed by atoms with van der Waals surface area (Å²) in [5.41, 5.74) is 2.78. The zero-order valence-electron chi connectivity index (χ0n) is 11.1. The lowest BCUT2D eigenvalue weighted by molar-refractivity contribution is 0.0945. The second-order valence-electron chi connectivity index (χ2n) is 4.20. The maximum Gasteiger partial charge on any atom is 0.266 e. The van der Waals surface area contributed by atoms with Gasteiger partial charge >= 0.3 is 0 Å². The average molecular weight is 380 g/mol. The highest BCUT2D eigenvalue weighted by atomic mass is 79.9. The molecule has 0 aliphatic heterocycles. The molecule has 0 aliphatic carbocycles. The highest BCUT2D eigenvalue weighted by Crippen LogP contribution is 2.11. The normalized spacial score (nSPS) is 10.7. The molecule has 0 fully saturated rings. The van der Waals surface area contributed by atoms with E-state index in [1.807, 2.05) is 10.9 Å². The Morgan fingerprint density at radius 2 is 1.64 bits per heavy atom. The maximum absolute atomic E-state index is 12.0. The molecule has 2 aromatic carbocycles. The molecule has 1 amide bonds. The molecular formula is C14H10BrN3O3S. The number of halogens is 1. The minimum absolute atomic E-state index is 0.0531. The first kappa shape index (κ1) is 16.2. The molecule has 2 aromatic rings. The molecule has 0 atom stereocenters. The molecule has 112 valence electrons. The van der Waals surface area contributed by atoms with Gasteiger partial charge in [-0.25, -0.2) is 8.42 Å².